The van der Waals surface area contributed by atoms with E-state index in [2.05, 4.69) is 4.72 Å². The van der Waals surface area contributed by atoms with Crippen LogP contribution in [0.4, 0.5) is 5.69 Å². The zero-order valence-corrected chi connectivity index (χ0v) is 63.9. The van der Waals surface area contributed by atoms with Crippen molar-refractivity contribution >= 4 is 104 Å². The van der Waals surface area contributed by atoms with Gasteiger partial charge in [-0.15, -0.1) is 0 Å². The molecule has 2 aromatic rings. The van der Waals surface area contributed by atoms with Gasteiger partial charge in [-0.2, -0.15) is 0 Å². The fraction of sp³-hybridized carbons (Fsp3) is 0.671. The Morgan fingerprint density at radius 2 is 0.633 bits per heavy atom. The Kier molecular flexibility index (Phi) is 34.2. The second kappa shape index (κ2) is 41.8. The van der Waals surface area contributed by atoms with Crippen LogP contribution in [-0.2, 0) is 172 Å². The fourth-order valence-corrected chi connectivity index (χ4v) is 13.8. The van der Waals surface area contributed by atoms with E-state index in [-0.39, 0.29) is 24.5 Å². The van der Waals surface area contributed by atoms with Crippen LogP contribution in [0, 0.1) is 0 Å². The average molecular weight is 1570 g/mol. The number of rotatable bonds is 36. The number of nitrogens with one attached hydrogen (secondary N) is 1. The normalized spacial score (nSPS) is 28.1. The second-order valence-corrected chi connectivity index (χ2v) is 27.5. The number of esters is 13. The van der Waals surface area contributed by atoms with Crippen LogP contribution >= 0.6 is 0 Å². The molecule has 4 saturated heterocycles. The summed E-state index contributed by atoms with van der Waals surface area (Å²) < 4.78 is 155. The van der Waals surface area contributed by atoms with Crippen molar-refractivity contribution in [1.82, 2.24) is 4.72 Å². The van der Waals surface area contributed by atoms with E-state index in [4.69, 9.17) is 99.5 Å². The van der Waals surface area contributed by atoms with Crippen molar-refractivity contribution in [3.05, 3.63) is 36.4 Å². The minimum Gasteiger partial charge on any atom is -0.463 e. The number of nitrogens with zero attached hydrogens (tertiary/aromatic N) is 1. The molecule has 6 rings (SSSR count). The minimum atomic E-state index is -3.91. The van der Waals surface area contributed by atoms with Gasteiger partial charge in [0, 0.05) is 134 Å². The van der Waals surface area contributed by atoms with E-state index in [0.29, 0.717) is 37.5 Å². The molecular weight excluding hydrogens is 1480 g/mol. The van der Waals surface area contributed by atoms with Crippen molar-refractivity contribution in [2.45, 2.75) is 256 Å². The first-order chi connectivity index (χ1) is 51.3. The van der Waals surface area contributed by atoms with Crippen LogP contribution in [0.15, 0.2) is 41.3 Å². The molecular formula is C70H96N2O36S. The summed E-state index contributed by atoms with van der Waals surface area (Å²) in [5.41, 5.74) is 0.851. The molecule has 0 saturated carbocycles. The van der Waals surface area contributed by atoms with Crippen LogP contribution in [0.2, 0.25) is 0 Å². The molecule has 4 fully saturated rings. The van der Waals surface area contributed by atoms with Gasteiger partial charge in [-0.3, -0.25) is 62.3 Å². The maximum absolute atomic E-state index is 13.7. The molecule has 0 unspecified atom stereocenters. The number of hydrogen-bond acceptors (Lipinski definition) is 37. The van der Waals surface area contributed by atoms with Gasteiger partial charge in [0.1, 0.15) is 63.1 Å². The zero-order chi connectivity index (χ0) is 80.7. The average Bonchev–Trinajstić information content (AvgIpc) is 0.762. The Hall–Kier alpha value is -8.80. The predicted molar refractivity (Wildman–Crippen MR) is 363 cm³/mol. The highest BCUT2D eigenvalue weighted by Crippen LogP contribution is 2.41. The summed E-state index contributed by atoms with van der Waals surface area (Å²) in [5, 5.41) is 1.34. The first kappa shape index (κ1) is 89.1. The van der Waals surface area contributed by atoms with Crippen molar-refractivity contribution < 1.29 is 170 Å². The first-order valence-corrected chi connectivity index (χ1v) is 36.3. The molecule has 1 N–H and O–H groups in total. The Morgan fingerprint density at radius 1 is 0.339 bits per heavy atom. The molecule has 608 valence electrons. The van der Waals surface area contributed by atoms with Crippen LogP contribution in [0.5, 0.6) is 0 Å². The molecule has 0 aromatic heterocycles. The molecule has 0 radical (unpaired) electrons. The van der Waals surface area contributed by atoms with Gasteiger partial charge in [0.15, 0.2) is 86.2 Å². The maximum atomic E-state index is 13.7. The topological polar surface area (TPSA) is 465 Å². The first-order valence-electron chi connectivity index (χ1n) is 34.8. The predicted octanol–water partition coefficient (Wildman–Crippen LogP) is 2.23. The van der Waals surface area contributed by atoms with Gasteiger partial charge in [-0.05, 0) is 25.0 Å². The Bertz CT molecular complexity index is 3650. The standard InChI is InChI=1S/C70H96N2O36S/c1-34(73)89-30-50-55(93-38(5)77)59(97-42(9)81)63(67(102-50)88-29-21-19-17-16-18-20-28-71-109(86,87)54-27-23-24-47-48(54)25-22-26-49(47)72(14)15)108-70-66(101-46(13)85)62(58(96-41(8)80)53(105-70)33-92-37(4)76)107-69-65(100-45(12)84)61(57(95-40(7)79)52(104-69)32-91-36(3)75)106-68-64(99-44(11)83)60(98-43(10)82)56(94-39(6)78)51(103-68)31-90-35(2)74/h22-27,50-53,55-71H,16-21,28-33H2,1-15H3/t50-,51-,52-,53-,55-,56-,57-,58-,59+,60+,61+,62+,63+,64+,65+,66+,67+,68-,69-,70-/m1/s1. The number of benzene rings is 2. The van der Waals surface area contributed by atoms with Crippen LogP contribution < -0.4 is 9.62 Å². The lowest BCUT2D eigenvalue weighted by Crippen LogP contribution is -2.70. The van der Waals surface area contributed by atoms with Gasteiger partial charge < -0.3 is 104 Å². The molecule has 0 bridgehead atoms. The molecule has 0 aliphatic carbocycles. The molecule has 109 heavy (non-hydrogen) atoms. The number of carbonyl (C=O) groups is 13. The molecule has 2 aromatic carbocycles. The molecule has 38 nitrogen and oxygen atoms in total. The fourth-order valence-electron chi connectivity index (χ4n) is 12.5. The maximum Gasteiger partial charge on any atom is 0.303 e. The second-order valence-electron chi connectivity index (χ2n) is 25.8. The molecule has 0 spiro atoms. The number of unbranched alkanes of at least 4 members (excludes halogenated alkanes) is 5. The SMILES string of the molecule is CC(=O)OC[C@H]1O[C@H](O[C@@H]2[C@H](OC(C)=O)[C@@H](O[C@@H]3[C@H](OC(C)=O)[C@@H](O[C@@H]4[C@@H](OCCCCCCCCNS(=O)(=O)c5cccc6c(N(C)C)cccc56)O[C@H](COC(C)=O)[C@@H](OC(C)=O)[C@@H]4OC(C)=O)O[C@H](COC(C)=O)[C@H]3OC(C)=O)O[C@H](COC(C)=O)[C@H]2OC(C)=O)[C@@H](OC(C)=O)[C@@H](OC(C)=O)[C@@H]1OC(C)=O. The Labute approximate surface area is 628 Å². The van der Waals surface area contributed by atoms with E-state index in [0.717, 1.165) is 101 Å². The summed E-state index contributed by atoms with van der Waals surface area (Å²) >= 11 is 0. The summed E-state index contributed by atoms with van der Waals surface area (Å²) in [6, 6.07) is 10.5. The number of hydrogen-bond donors (Lipinski definition) is 1. The van der Waals surface area contributed by atoms with Crippen LogP contribution in [-0.4, -0.2) is 263 Å². The highest BCUT2D eigenvalue weighted by Gasteiger charge is 2.62. The smallest absolute Gasteiger partial charge is 0.303 e. The van der Waals surface area contributed by atoms with Gasteiger partial charge in [0.2, 0.25) is 10.0 Å². The van der Waals surface area contributed by atoms with E-state index in [1.807, 2.05) is 31.1 Å². The molecule has 4 heterocycles. The quantitative estimate of drug-likeness (QED) is 0.0580. The third-order valence-electron chi connectivity index (χ3n) is 16.5. The number of fused-ring (bicyclic) bond motifs is 1. The van der Waals surface area contributed by atoms with Crippen molar-refractivity contribution in [2.24, 2.45) is 0 Å². The van der Waals surface area contributed by atoms with E-state index >= 15 is 0 Å². The van der Waals surface area contributed by atoms with Crippen LogP contribution in [0.3, 0.4) is 0 Å². The number of anilines is 1. The number of carbonyl (C=O) groups excluding carboxylic acids is 13. The molecule has 20 atom stereocenters. The summed E-state index contributed by atoms with van der Waals surface area (Å²) in [4.78, 5) is 172. The van der Waals surface area contributed by atoms with Crippen molar-refractivity contribution in [3.63, 3.8) is 0 Å². The lowest BCUT2D eigenvalue weighted by molar-refractivity contribution is -0.393. The van der Waals surface area contributed by atoms with Crippen LogP contribution in [0.25, 0.3) is 10.8 Å². The van der Waals surface area contributed by atoms with Gasteiger partial charge >= 0.3 is 77.6 Å². The summed E-state index contributed by atoms with van der Waals surface area (Å²) in [6.07, 6.45) is -36.3. The van der Waals surface area contributed by atoms with E-state index < -0.39 is 237 Å². The number of sulfonamides is 1. The van der Waals surface area contributed by atoms with E-state index in [9.17, 15) is 70.7 Å². The largest absolute Gasteiger partial charge is 0.463 e. The van der Waals surface area contributed by atoms with Crippen molar-refractivity contribution in [2.75, 3.05) is 58.6 Å². The van der Waals surface area contributed by atoms with Crippen molar-refractivity contribution in [3.8, 4) is 0 Å². The molecule has 0 amide bonds. The van der Waals surface area contributed by atoms with Crippen molar-refractivity contribution in [1.29, 1.82) is 0 Å². The zero-order valence-electron chi connectivity index (χ0n) is 63.0. The minimum absolute atomic E-state index is 0.140. The third kappa shape index (κ3) is 26.7. The summed E-state index contributed by atoms with van der Waals surface area (Å²) in [7, 11) is -0.181. The van der Waals surface area contributed by atoms with E-state index in [1.54, 1.807) is 24.3 Å². The molecule has 39 heteroatoms. The molecule has 4 aliphatic heterocycles. The van der Waals surface area contributed by atoms with Gasteiger partial charge in [0.05, 0.1) is 4.90 Å². The summed E-state index contributed by atoms with van der Waals surface area (Å²) in [6.45, 7) is 9.18. The van der Waals surface area contributed by atoms with Crippen LogP contribution in [0.1, 0.15) is 129 Å². The Balaban J connectivity index is 1.43. The monoisotopic (exact) mass is 1570 g/mol. The molecule has 4 aliphatic rings. The summed E-state index contributed by atoms with van der Waals surface area (Å²) in [5.74, 6) is -13.5. The van der Waals surface area contributed by atoms with Gasteiger partial charge in [0.25, 0.3) is 0 Å². The number of ether oxygens (including phenoxy) is 21. The highest BCUT2D eigenvalue weighted by molar-refractivity contribution is 7.89. The van der Waals surface area contributed by atoms with Gasteiger partial charge in [-0.25, -0.2) is 13.1 Å². The lowest BCUT2D eigenvalue weighted by Gasteiger charge is -2.51. The van der Waals surface area contributed by atoms with Gasteiger partial charge in [-0.1, -0.05) is 49.9 Å². The van der Waals surface area contributed by atoms with E-state index in [1.165, 1.54) is 0 Å². The highest BCUT2D eigenvalue weighted by atomic mass is 32.2. The lowest BCUT2D eigenvalue weighted by atomic mass is 9.94. The third-order valence-corrected chi connectivity index (χ3v) is 18.1. The Morgan fingerprint density at radius 3 is 1.00 bits per heavy atom.